The average molecular weight is 364 g/mol. The van der Waals surface area contributed by atoms with Gasteiger partial charge in [-0.05, 0) is 42.5 Å². The summed E-state index contributed by atoms with van der Waals surface area (Å²) in [6.07, 6.45) is 7.74. The summed E-state index contributed by atoms with van der Waals surface area (Å²) in [6.45, 7) is 0.564. The number of hydrogen-bond donors (Lipinski definition) is 5. The van der Waals surface area contributed by atoms with Crippen molar-refractivity contribution in [3.05, 3.63) is 53.4 Å². The predicted octanol–water partition coefficient (Wildman–Crippen LogP) is 1.83. The van der Waals surface area contributed by atoms with Crippen LogP contribution in [0, 0.1) is 11.3 Å². The van der Waals surface area contributed by atoms with Crippen molar-refractivity contribution in [3.8, 4) is 0 Å². The van der Waals surface area contributed by atoms with Crippen molar-refractivity contribution in [2.75, 3.05) is 23.0 Å². The molecule has 1 aromatic carbocycles. The Morgan fingerprint density at radius 2 is 2.22 bits per heavy atom. The molecule has 1 aromatic heterocycles. The molecule has 0 saturated heterocycles. The first-order chi connectivity index (χ1) is 13.1. The Bertz CT molecular complexity index is 874. The molecule has 2 aliphatic rings. The van der Waals surface area contributed by atoms with Gasteiger partial charge >= 0.3 is 0 Å². The minimum absolute atomic E-state index is 0.00657. The van der Waals surface area contributed by atoms with Crippen LogP contribution in [0.15, 0.2) is 42.2 Å². The Hall–Kier alpha value is -3.13. The lowest BCUT2D eigenvalue weighted by atomic mass is 10.1. The molecule has 0 amide bonds. The largest absolute Gasteiger partial charge is 0.398 e. The zero-order valence-corrected chi connectivity index (χ0v) is 15.2. The minimum Gasteiger partial charge on any atom is -0.398 e. The van der Waals surface area contributed by atoms with E-state index in [1.165, 1.54) is 24.8 Å². The lowest BCUT2D eigenvalue weighted by Crippen LogP contribution is -2.37. The molecule has 1 aliphatic heterocycles. The maximum Gasteiger partial charge on any atom is 0.227 e. The Morgan fingerprint density at radius 3 is 3.00 bits per heavy atom. The van der Waals surface area contributed by atoms with Gasteiger partial charge in [0.05, 0.1) is 0 Å². The van der Waals surface area contributed by atoms with Gasteiger partial charge in [0.15, 0.2) is 0 Å². The average Bonchev–Trinajstić information content (AvgIpc) is 3.42. The summed E-state index contributed by atoms with van der Waals surface area (Å²) < 4.78 is 0. The van der Waals surface area contributed by atoms with Crippen LogP contribution in [0.3, 0.4) is 0 Å². The standard InChI is InChI=1S/C19H24N8/c1-27(11-13-3-2-4-15(21)14(13)10-20)19-22-8-7-17(24-19)23-18-9-16(25-26-18)12-5-6-12/h2-4,7-10,12,18,20,25-26H,5-6,11,21H2,1H3,(H,22,23,24). The number of hydrazine groups is 1. The fraction of sp³-hybridized carbons (Fsp3) is 0.316. The molecule has 0 radical (unpaired) electrons. The van der Waals surface area contributed by atoms with E-state index in [1.807, 2.05) is 30.1 Å². The normalized spacial score (nSPS) is 18.6. The lowest BCUT2D eigenvalue weighted by molar-refractivity contribution is 0.599. The third-order valence-corrected chi connectivity index (χ3v) is 4.81. The molecule has 8 nitrogen and oxygen atoms in total. The van der Waals surface area contributed by atoms with Crippen LogP contribution in [0.2, 0.25) is 0 Å². The number of nitrogens with two attached hydrogens (primary N) is 1. The first kappa shape index (κ1) is 17.3. The lowest BCUT2D eigenvalue weighted by Gasteiger charge is -2.20. The highest BCUT2D eigenvalue weighted by molar-refractivity contribution is 5.87. The summed E-state index contributed by atoms with van der Waals surface area (Å²) in [4.78, 5) is 10.9. The van der Waals surface area contributed by atoms with E-state index in [-0.39, 0.29) is 6.17 Å². The van der Waals surface area contributed by atoms with Crippen molar-refractivity contribution in [3.63, 3.8) is 0 Å². The summed E-state index contributed by atoms with van der Waals surface area (Å²) in [5, 5.41) is 11.0. The number of hydrogen-bond acceptors (Lipinski definition) is 8. The van der Waals surface area contributed by atoms with Crippen LogP contribution in [0.5, 0.6) is 0 Å². The second-order valence-electron chi connectivity index (χ2n) is 6.95. The van der Waals surface area contributed by atoms with Gasteiger partial charge in [0, 0.05) is 43.0 Å². The molecule has 4 rings (SSSR count). The maximum atomic E-state index is 7.60. The zero-order chi connectivity index (χ0) is 18.8. The molecule has 1 saturated carbocycles. The van der Waals surface area contributed by atoms with E-state index < -0.39 is 0 Å². The number of aromatic nitrogens is 2. The van der Waals surface area contributed by atoms with E-state index in [2.05, 4.69) is 32.2 Å². The highest BCUT2D eigenvalue weighted by Gasteiger charge is 2.29. The Balaban J connectivity index is 1.46. The number of allylic oxidation sites excluding steroid dienone is 1. The third kappa shape index (κ3) is 3.85. The zero-order valence-electron chi connectivity index (χ0n) is 15.2. The molecule has 8 heteroatoms. The number of nitrogen functional groups attached to an aromatic ring is 1. The van der Waals surface area contributed by atoms with Crippen LogP contribution >= 0.6 is 0 Å². The van der Waals surface area contributed by atoms with Crippen LogP contribution in [-0.4, -0.2) is 29.4 Å². The number of nitrogens with one attached hydrogen (secondary N) is 4. The Labute approximate surface area is 158 Å². The number of anilines is 3. The molecule has 1 fully saturated rings. The molecule has 0 bridgehead atoms. The van der Waals surface area contributed by atoms with Crippen LogP contribution in [0.1, 0.15) is 24.0 Å². The van der Waals surface area contributed by atoms with Crippen molar-refractivity contribution in [1.82, 2.24) is 20.8 Å². The van der Waals surface area contributed by atoms with Crippen LogP contribution in [0.4, 0.5) is 17.5 Å². The topological polar surface area (TPSA) is 115 Å². The molecule has 0 spiro atoms. The van der Waals surface area contributed by atoms with Gasteiger partial charge in [-0.15, -0.1) is 0 Å². The van der Waals surface area contributed by atoms with E-state index in [9.17, 15) is 0 Å². The van der Waals surface area contributed by atoms with E-state index in [0.717, 1.165) is 16.9 Å². The fourth-order valence-electron chi connectivity index (χ4n) is 3.18. The number of nitrogens with zero attached hydrogens (tertiary/aromatic N) is 3. The summed E-state index contributed by atoms with van der Waals surface area (Å²) >= 11 is 0. The van der Waals surface area contributed by atoms with E-state index >= 15 is 0 Å². The van der Waals surface area contributed by atoms with Gasteiger partial charge in [-0.25, -0.2) is 10.4 Å². The molecular formula is C19H24N8. The molecule has 1 unspecified atom stereocenters. The van der Waals surface area contributed by atoms with Crippen LogP contribution in [-0.2, 0) is 6.54 Å². The number of rotatable bonds is 7. The monoisotopic (exact) mass is 364 g/mol. The van der Waals surface area contributed by atoms with Crippen molar-refractivity contribution >= 4 is 23.7 Å². The SMILES string of the molecule is CN(Cc1cccc(N)c1C=N)c1nccc(NC2C=C(C3CC3)NN2)n1. The minimum atomic E-state index is 0.00657. The molecule has 27 heavy (non-hydrogen) atoms. The van der Waals surface area contributed by atoms with Crippen LogP contribution < -0.4 is 26.8 Å². The van der Waals surface area contributed by atoms with Gasteiger partial charge in [-0.1, -0.05) is 12.1 Å². The van der Waals surface area contributed by atoms with Crippen molar-refractivity contribution < 1.29 is 0 Å². The molecule has 1 atom stereocenters. The van der Waals surface area contributed by atoms with Gasteiger partial charge in [-0.3, -0.25) is 0 Å². The van der Waals surface area contributed by atoms with Gasteiger partial charge < -0.3 is 26.8 Å². The van der Waals surface area contributed by atoms with Crippen molar-refractivity contribution in [2.45, 2.75) is 25.6 Å². The predicted molar refractivity (Wildman–Crippen MR) is 107 cm³/mol. The maximum absolute atomic E-state index is 7.60. The quantitative estimate of drug-likeness (QED) is 0.376. The molecule has 140 valence electrons. The summed E-state index contributed by atoms with van der Waals surface area (Å²) in [7, 11) is 1.93. The Kier molecular flexibility index (Phi) is 4.64. The van der Waals surface area contributed by atoms with E-state index in [0.29, 0.717) is 24.1 Å². The van der Waals surface area contributed by atoms with E-state index in [1.54, 1.807) is 12.3 Å². The van der Waals surface area contributed by atoms with Crippen LogP contribution in [0.25, 0.3) is 0 Å². The molecule has 1 aliphatic carbocycles. The second-order valence-corrected chi connectivity index (χ2v) is 6.95. The van der Waals surface area contributed by atoms with Crippen molar-refractivity contribution in [1.29, 1.82) is 5.41 Å². The molecule has 6 N–H and O–H groups in total. The molecule has 2 heterocycles. The van der Waals surface area contributed by atoms with Gasteiger partial charge in [0.25, 0.3) is 0 Å². The summed E-state index contributed by atoms with van der Waals surface area (Å²) in [5.74, 6) is 2.03. The molecular weight excluding hydrogens is 340 g/mol. The van der Waals surface area contributed by atoms with Crippen molar-refractivity contribution in [2.24, 2.45) is 5.92 Å². The smallest absolute Gasteiger partial charge is 0.227 e. The third-order valence-electron chi connectivity index (χ3n) is 4.81. The first-order valence-electron chi connectivity index (χ1n) is 9.06. The second kappa shape index (κ2) is 7.24. The molecule has 2 aromatic rings. The fourth-order valence-corrected chi connectivity index (χ4v) is 3.18. The Morgan fingerprint density at radius 1 is 1.37 bits per heavy atom. The summed E-state index contributed by atoms with van der Waals surface area (Å²) in [5.41, 5.74) is 16.0. The highest BCUT2D eigenvalue weighted by Crippen LogP contribution is 2.36. The highest BCUT2D eigenvalue weighted by atomic mass is 15.4. The van der Waals surface area contributed by atoms with Gasteiger partial charge in [0.2, 0.25) is 5.95 Å². The van der Waals surface area contributed by atoms with Gasteiger partial charge in [0.1, 0.15) is 12.0 Å². The first-order valence-corrected chi connectivity index (χ1v) is 9.06. The van der Waals surface area contributed by atoms with E-state index in [4.69, 9.17) is 11.1 Å². The van der Waals surface area contributed by atoms with Gasteiger partial charge in [-0.2, -0.15) is 4.98 Å². The number of benzene rings is 1. The summed E-state index contributed by atoms with van der Waals surface area (Å²) in [6, 6.07) is 7.52.